The first kappa shape index (κ1) is 19.4. The van der Waals surface area contributed by atoms with Gasteiger partial charge in [-0.15, -0.1) is 0 Å². The molecule has 1 aromatic carbocycles. The number of unbranched alkanes of at least 4 members (excludes halogenated alkanes) is 4. The Morgan fingerprint density at radius 3 is 2.39 bits per heavy atom. The highest BCUT2D eigenvalue weighted by atomic mass is 32.1. The van der Waals surface area contributed by atoms with Crippen molar-refractivity contribution in [2.45, 2.75) is 52.4 Å². The van der Waals surface area contributed by atoms with Gasteiger partial charge in [0.25, 0.3) is 5.91 Å². The fourth-order valence-electron chi connectivity index (χ4n) is 2.02. The van der Waals surface area contributed by atoms with Crippen molar-refractivity contribution in [1.29, 1.82) is 0 Å². The first-order valence-corrected chi connectivity index (χ1v) is 8.90. The van der Waals surface area contributed by atoms with E-state index in [0.29, 0.717) is 10.7 Å². The molecule has 0 aliphatic carbocycles. The van der Waals surface area contributed by atoms with Crippen molar-refractivity contribution < 1.29 is 9.53 Å². The number of hydrogen-bond acceptors (Lipinski definition) is 3. The molecule has 0 fully saturated rings. The van der Waals surface area contributed by atoms with E-state index in [-0.39, 0.29) is 5.91 Å². The Bertz CT molecular complexity index is 474. The van der Waals surface area contributed by atoms with E-state index in [1.54, 1.807) is 12.1 Å². The van der Waals surface area contributed by atoms with Gasteiger partial charge in [0.1, 0.15) is 5.75 Å². The lowest BCUT2D eigenvalue weighted by Gasteiger charge is -2.10. The van der Waals surface area contributed by atoms with Crippen LogP contribution in [0.3, 0.4) is 0 Å². The van der Waals surface area contributed by atoms with Gasteiger partial charge < -0.3 is 10.1 Å². The maximum atomic E-state index is 12.1. The predicted molar refractivity (Wildman–Crippen MR) is 99.1 cm³/mol. The molecule has 0 spiro atoms. The number of hydrogen-bond donors (Lipinski definition) is 2. The maximum absolute atomic E-state index is 12.1. The van der Waals surface area contributed by atoms with Crippen molar-refractivity contribution in [2.24, 2.45) is 0 Å². The summed E-state index contributed by atoms with van der Waals surface area (Å²) in [6.07, 6.45) is 6.84. The second-order valence-electron chi connectivity index (χ2n) is 5.50. The minimum atomic E-state index is -0.200. The number of carbonyl (C=O) groups excluding carboxylic acids is 1. The molecule has 1 amide bonds. The SMILES string of the molecule is CCCCCCOc1ccc(C(=O)NC(=S)NCCCC)cc1. The molecule has 1 aromatic rings. The number of benzene rings is 1. The molecule has 0 aliphatic heterocycles. The molecule has 0 heterocycles. The molecule has 0 unspecified atom stereocenters. The van der Waals surface area contributed by atoms with Crippen LogP contribution in [-0.2, 0) is 0 Å². The van der Waals surface area contributed by atoms with Crippen LogP contribution in [0.2, 0.25) is 0 Å². The van der Waals surface area contributed by atoms with Gasteiger partial charge in [0.15, 0.2) is 5.11 Å². The van der Waals surface area contributed by atoms with Crippen LogP contribution in [0.4, 0.5) is 0 Å². The summed E-state index contributed by atoms with van der Waals surface area (Å²) in [5.74, 6) is 0.593. The number of carbonyl (C=O) groups is 1. The Labute approximate surface area is 145 Å². The average molecular weight is 337 g/mol. The minimum Gasteiger partial charge on any atom is -0.494 e. The third-order valence-corrected chi connectivity index (χ3v) is 3.67. The molecule has 0 atom stereocenters. The van der Waals surface area contributed by atoms with Crippen molar-refractivity contribution in [3.05, 3.63) is 29.8 Å². The quantitative estimate of drug-likeness (QED) is 0.500. The summed E-state index contributed by atoms with van der Waals surface area (Å²) in [6.45, 7) is 5.80. The second kappa shape index (κ2) is 11.9. The second-order valence-corrected chi connectivity index (χ2v) is 5.91. The molecule has 0 aliphatic rings. The monoisotopic (exact) mass is 336 g/mol. The van der Waals surface area contributed by atoms with Crippen LogP contribution in [0.5, 0.6) is 5.75 Å². The Morgan fingerprint density at radius 1 is 1.04 bits per heavy atom. The molecular weight excluding hydrogens is 308 g/mol. The van der Waals surface area contributed by atoms with E-state index in [1.165, 1.54) is 19.3 Å². The van der Waals surface area contributed by atoms with E-state index >= 15 is 0 Å². The van der Waals surface area contributed by atoms with Crippen molar-refractivity contribution in [2.75, 3.05) is 13.2 Å². The maximum Gasteiger partial charge on any atom is 0.257 e. The number of ether oxygens (including phenoxy) is 1. The zero-order chi connectivity index (χ0) is 16.9. The van der Waals surface area contributed by atoms with E-state index in [1.807, 2.05) is 12.1 Å². The third kappa shape index (κ3) is 8.55. The molecular formula is C18H28N2O2S. The molecule has 0 aromatic heterocycles. The number of amides is 1. The Morgan fingerprint density at radius 2 is 1.74 bits per heavy atom. The lowest BCUT2D eigenvalue weighted by Crippen LogP contribution is -2.39. The van der Waals surface area contributed by atoms with Crippen LogP contribution in [0.25, 0.3) is 0 Å². The Balaban J connectivity index is 2.34. The van der Waals surface area contributed by atoms with E-state index < -0.39 is 0 Å². The van der Waals surface area contributed by atoms with Crippen molar-refractivity contribution in [1.82, 2.24) is 10.6 Å². The molecule has 0 radical (unpaired) electrons. The standard InChI is InChI=1S/C18H28N2O2S/c1-3-5-7-8-14-22-16-11-9-15(10-12-16)17(21)20-18(23)19-13-6-4-2/h9-12H,3-8,13-14H2,1-2H3,(H2,19,20,21,23). The fourth-order valence-corrected chi connectivity index (χ4v) is 2.21. The van der Waals surface area contributed by atoms with Gasteiger partial charge in [-0.05, 0) is 49.3 Å². The summed E-state index contributed by atoms with van der Waals surface area (Å²) < 4.78 is 5.66. The van der Waals surface area contributed by atoms with Gasteiger partial charge in [0, 0.05) is 12.1 Å². The van der Waals surface area contributed by atoms with Crippen LogP contribution < -0.4 is 15.4 Å². The first-order chi connectivity index (χ1) is 11.2. The van der Waals surface area contributed by atoms with Gasteiger partial charge in [-0.1, -0.05) is 39.5 Å². The number of thiocarbonyl (C=S) groups is 1. The van der Waals surface area contributed by atoms with E-state index in [9.17, 15) is 4.79 Å². The number of rotatable bonds is 10. The van der Waals surface area contributed by atoms with Gasteiger partial charge >= 0.3 is 0 Å². The molecule has 1 rings (SSSR count). The number of nitrogens with one attached hydrogen (secondary N) is 2. The van der Waals surface area contributed by atoms with Crippen LogP contribution in [0.1, 0.15) is 62.7 Å². The molecule has 5 heteroatoms. The van der Waals surface area contributed by atoms with Crippen LogP contribution >= 0.6 is 12.2 Å². The summed E-state index contributed by atoms with van der Waals surface area (Å²) in [5, 5.41) is 6.07. The van der Waals surface area contributed by atoms with E-state index in [2.05, 4.69) is 24.5 Å². The summed E-state index contributed by atoms with van der Waals surface area (Å²) in [5.41, 5.74) is 0.572. The normalized spacial score (nSPS) is 10.2. The third-order valence-electron chi connectivity index (χ3n) is 3.43. The Hall–Kier alpha value is -1.62. The van der Waals surface area contributed by atoms with Gasteiger partial charge in [0.05, 0.1) is 6.61 Å². The van der Waals surface area contributed by atoms with Gasteiger partial charge in [-0.2, -0.15) is 0 Å². The fraction of sp³-hybridized carbons (Fsp3) is 0.556. The zero-order valence-electron chi connectivity index (χ0n) is 14.2. The molecule has 0 saturated carbocycles. The van der Waals surface area contributed by atoms with Crippen LogP contribution in [0, 0.1) is 0 Å². The highest BCUT2D eigenvalue weighted by Gasteiger charge is 2.07. The zero-order valence-corrected chi connectivity index (χ0v) is 15.0. The van der Waals surface area contributed by atoms with Crippen LogP contribution in [-0.4, -0.2) is 24.2 Å². The topological polar surface area (TPSA) is 50.4 Å². The summed E-state index contributed by atoms with van der Waals surface area (Å²) in [4.78, 5) is 12.1. The molecule has 23 heavy (non-hydrogen) atoms. The Kier molecular flexibility index (Phi) is 10.0. The van der Waals surface area contributed by atoms with Crippen molar-refractivity contribution >= 4 is 23.2 Å². The summed E-state index contributed by atoms with van der Waals surface area (Å²) >= 11 is 5.09. The van der Waals surface area contributed by atoms with Gasteiger partial charge in [-0.3, -0.25) is 10.1 Å². The van der Waals surface area contributed by atoms with Gasteiger partial charge in [0.2, 0.25) is 0 Å². The predicted octanol–water partition coefficient (Wildman–Crippen LogP) is 4.05. The lowest BCUT2D eigenvalue weighted by atomic mass is 10.2. The van der Waals surface area contributed by atoms with E-state index in [0.717, 1.165) is 38.2 Å². The smallest absolute Gasteiger partial charge is 0.257 e. The summed E-state index contributed by atoms with van der Waals surface area (Å²) in [6, 6.07) is 7.15. The molecule has 0 bridgehead atoms. The molecule has 0 saturated heterocycles. The van der Waals surface area contributed by atoms with Crippen molar-refractivity contribution in [3.63, 3.8) is 0 Å². The minimum absolute atomic E-state index is 0.200. The van der Waals surface area contributed by atoms with Gasteiger partial charge in [-0.25, -0.2) is 0 Å². The van der Waals surface area contributed by atoms with Crippen molar-refractivity contribution in [3.8, 4) is 5.75 Å². The lowest BCUT2D eigenvalue weighted by molar-refractivity contribution is 0.0976. The highest BCUT2D eigenvalue weighted by molar-refractivity contribution is 7.80. The molecule has 128 valence electrons. The van der Waals surface area contributed by atoms with Crippen LogP contribution in [0.15, 0.2) is 24.3 Å². The first-order valence-electron chi connectivity index (χ1n) is 8.49. The molecule has 2 N–H and O–H groups in total. The summed E-state index contributed by atoms with van der Waals surface area (Å²) in [7, 11) is 0. The molecule has 4 nitrogen and oxygen atoms in total. The van der Waals surface area contributed by atoms with E-state index in [4.69, 9.17) is 17.0 Å². The largest absolute Gasteiger partial charge is 0.494 e. The highest BCUT2D eigenvalue weighted by Crippen LogP contribution is 2.13. The average Bonchev–Trinajstić information content (AvgIpc) is 2.55.